The predicted molar refractivity (Wildman–Crippen MR) is 292 cm³/mol. The van der Waals surface area contributed by atoms with Crippen LogP contribution in [0.3, 0.4) is 0 Å². The molecule has 0 saturated carbocycles. The fraction of sp³-hybridized carbons (Fsp3) is 0.0448. The van der Waals surface area contributed by atoms with Gasteiger partial charge in [0.2, 0.25) is 0 Å². The monoisotopic (exact) mass is 880 g/mol. The second-order valence-electron chi connectivity index (χ2n) is 18.9. The average molecular weight is 881 g/mol. The molecule has 326 valence electrons. The number of nitrogens with zero attached hydrogens (tertiary/aromatic N) is 2. The van der Waals surface area contributed by atoms with Crippen LogP contribution in [0, 0.1) is 0 Å². The maximum absolute atomic E-state index is 2.47. The first-order valence-corrected chi connectivity index (χ1v) is 24.0. The van der Waals surface area contributed by atoms with E-state index in [0.717, 1.165) is 28.3 Å². The van der Waals surface area contributed by atoms with E-state index in [1.807, 2.05) is 0 Å². The highest BCUT2D eigenvalue weighted by atomic mass is 15.1. The molecule has 0 spiro atoms. The quantitative estimate of drug-likeness (QED) is 0.148. The van der Waals surface area contributed by atoms with Crippen molar-refractivity contribution in [2.75, 3.05) is 4.90 Å². The van der Waals surface area contributed by atoms with Gasteiger partial charge in [0.15, 0.2) is 0 Å². The highest BCUT2D eigenvalue weighted by Crippen LogP contribution is 2.52. The van der Waals surface area contributed by atoms with E-state index in [2.05, 4.69) is 278 Å². The van der Waals surface area contributed by atoms with E-state index >= 15 is 0 Å². The number of anilines is 3. The Hall–Kier alpha value is -8.72. The van der Waals surface area contributed by atoms with Crippen molar-refractivity contribution in [3.8, 4) is 61.3 Å². The van der Waals surface area contributed by atoms with Gasteiger partial charge >= 0.3 is 0 Å². The fourth-order valence-electron chi connectivity index (χ4n) is 11.2. The Balaban J connectivity index is 0.979. The molecule has 0 radical (unpaired) electrons. The number of para-hydroxylation sites is 2. The molecule has 0 saturated heterocycles. The van der Waals surface area contributed by atoms with Crippen LogP contribution in [0.1, 0.15) is 25.0 Å². The lowest BCUT2D eigenvalue weighted by molar-refractivity contribution is 0.660. The lowest BCUT2D eigenvalue weighted by atomic mass is 9.82. The molecule has 1 heterocycles. The minimum Gasteiger partial charge on any atom is -0.310 e. The summed E-state index contributed by atoms with van der Waals surface area (Å²) in [4.78, 5) is 2.47. The van der Waals surface area contributed by atoms with Gasteiger partial charge in [-0.15, -0.1) is 0 Å². The van der Waals surface area contributed by atoms with E-state index < -0.39 is 0 Å². The first kappa shape index (κ1) is 40.5. The Morgan fingerprint density at radius 3 is 1.65 bits per heavy atom. The second kappa shape index (κ2) is 16.3. The van der Waals surface area contributed by atoms with Crippen LogP contribution in [0.4, 0.5) is 17.1 Å². The van der Waals surface area contributed by atoms with Crippen molar-refractivity contribution >= 4 is 49.6 Å². The lowest BCUT2D eigenvalue weighted by Gasteiger charge is -2.30. The van der Waals surface area contributed by atoms with Gasteiger partial charge in [0.05, 0.1) is 16.7 Å². The van der Waals surface area contributed by atoms with Gasteiger partial charge in [0.25, 0.3) is 0 Å². The van der Waals surface area contributed by atoms with Crippen molar-refractivity contribution < 1.29 is 0 Å². The number of hydrogen-bond donors (Lipinski definition) is 0. The first-order valence-electron chi connectivity index (χ1n) is 24.0. The number of fused-ring (bicyclic) bond motifs is 7. The number of aromatic nitrogens is 1. The second-order valence-corrected chi connectivity index (χ2v) is 18.9. The largest absolute Gasteiger partial charge is 0.310 e. The molecule has 2 nitrogen and oxygen atoms in total. The minimum atomic E-state index is -0.139. The number of rotatable bonds is 8. The molecule has 0 unspecified atom stereocenters. The first-order chi connectivity index (χ1) is 34.0. The normalized spacial score (nSPS) is 12.6. The zero-order chi connectivity index (χ0) is 46.1. The van der Waals surface area contributed by atoms with Gasteiger partial charge in [-0.2, -0.15) is 0 Å². The summed E-state index contributed by atoms with van der Waals surface area (Å²) in [7, 11) is 0. The minimum absolute atomic E-state index is 0.139. The van der Waals surface area contributed by atoms with E-state index in [9.17, 15) is 0 Å². The summed E-state index contributed by atoms with van der Waals surface area (Å²) in [5, 5.41) is 4.88. The lowest BCUT2D eigenvalue weighted by Crippen LogP contribution is -2.17. The third-order valence-electron chi connectivity index (χ3n) is 14.6. The van der Waals surface area contributed by atoms with E-state index in [1.54, 1.807) is 0 Å². The van der Waals surface area contributed by atoms with Crippen LogP contribution in [0.25, 0.3) is 93.9 Å². The molecule has 1 aromatic heterocycles. The molecule has 11 aromatic carbocycles. The van der Waals surface area contributed by atoms with Crippen molar-refractivity contribution in [1.82, 2.24) is 4.57 Å². The summed E-state index contributed by atoms with van der Waals surface area (Å²) in [5.74, 6) is 0. The molecule has 2 heteroatoms. The smallest absolute Gasteiger partial charge is 0.0541 e. The maximum Gasteiger partial charge on any atom is 0.0541 e. The van der Waals surface area contributed by atoms with E-state index in [0.29, 0.717) is 0 Å². The topological polar surface area (TPSA) is 8.17 Å². The molecule has 0 fully saturated rings. The Morgan fingerprint density at radius 2 is 0.884 bits per heavy atom. The molecule has 0 atom stereocenters. The molecule has 0 amide bonds. The fourth-order valence-corrected chi connectivity index (χ4v) is 11.2. The van der Waals surface area contributed by atoms with Crippen LogP contribution in [0.2, 0.25) is 0 Å². The average Bonchev–Trinajstić information content (AvgIpc) is 3.86. The van der Waals surface area contributed by atoms with Crippen LogP contribution in [0.15, 0.2) is 255 Å². The van der Waals surface area contributed by atoms with Gasteiger partial charge in [-0.25, -0.2) is 0 Å². The SMILES string of the molecule is CC1(C)c2ccccc2-c2ccc(N(c3ccc4ccccc4c3)c3ccccc3-c3ccccc3-c3ccc4c(c3)c3ccccc3n4-c3cc(-c4ccccc4)cc(-c4ccccc4)c3)cc21. The van der Waals surface area contributed by atoms with Crippen LogP contribution in [-0.2, 0) is 5.41 Å². The Morgan fingerprint density at radius 1 is 0.319 bits per heavy atom. The predicted octanol–water partition coefficient (Wildman–Crippen LogP) is 18.4. The Kier molecular flexibility index (Phi) is 9.55. The van der Waals surface area contributed by atoms with Crippen molar-refractivity contribution in [2.45, 2.75) is 19.3 Å². The van der Waals surface area contributed by atoms with Gasteiger partial charge in [0, 0.05) is 38.8 Å². The van der Waals surface area contributed by atoms with E-state index in [1.165, 1.54) is 93.8 Å². The van der Waals surface area contributed by atoms with E-state index in [4.69, 9.17) is 0 Å². The molecule has 0 bridgehead atoms. The molecule has 1 aliphatic rings. The zero-order valence-corrected chi connectivity index (χ0v) is 38.6. The molecule has 0 N–H and O–H groups in total. The van der Waals surface area contributed by atoms with Gasteiger partial charge in [-0.3, -0.25) is 0 Å². The number of hydrogen-bond acceptors (Lipinski definition) is 1. The molecule has 69 heavy (non-hydrogen) atoms. The van der Waals surface area contributed by atoms with Gasteiger partial charge < -0.3 is 9.47 Å². The van der Waals surface area contributed by atoms with Gasteiger partial charge in [-0.05, 0) is 139 Å². The Labute approximate surface area is 403 Å². The molecule has 13 rings (SSSR count). The van der Waals surface area contributed by atoms with Crippen molar-refractivity contribution in [1.29, 1.82) is 0 Å². The van der Waals surface area contributed by atoms with Crippen LogP contribution in [-0.4, -0.2) is 4.57 Å². The van der Waals surface area contributed by atoms with Crippen molar-refractivity contribution in [3.05, 3.63) is 266 Å². The molecular formula is C67H48N2. The summed E-state index contributed by atoms with van der Waals surface area (Å²) in [5.41, 5.74) is 21.6. The molecule has 0 aliphatic heterocycles. The summed E-state index contributed by atoms with van der Waals surface area (Å²) >= 11 is 0. The summed E-state index contributed by atoms with van der Waals surface area (Å²) < 4.78 is 2.45. The van der Waals surface area contributed by atoms with Gasteiger partial charge in [0.1, 0.15) is 0 Å². The molecule has 1 aliphatic carbocycles. The molecule has 12 aromatic rings. The van der Waals surface area contributed by atoms with Crippen LogP contribution < -0.4 is 4.90 Å². The summed E-state index contributed by atoms with van der Waals surface area (Å²) in [6.45, 7) is 4.73. The molecular weight excluding hydrogens is 833 g/mol. The highest BCUT2D eigenvalue weighted by molar-refractivity contribution is 6.11. The van der Waals surface area contributed by atoms with Gasteiger partial charge in [-0.1, -0.05) is 202 Å². The van der Waals surface area contributed by atoms with Crippen LogP contribution in [0.5, 0.6) is 0 Å². The summed E-state index contributed by atoms with van der Waals surface area (Å²) in [6.07, 6.45) is 0. The third-order valence-corrected chi connectivity index (χ3v) is 14.6. The zero-order valence-electron chi connectivity index (χ0n) is 38.6. The van der Waals surface area contributed by atoms with Crippen molar-refractivity contribution in [3.63, 3.8) is 0 Å². The number of benzene rings is 11. The maximum atomic E-state index is 2.47. The highest BCUT2D eigenvalue weighted by Gasteiger charge is 2.36. The Bertz CT molecular complexity index is 3870. The van der Waals surface area contributed by atoms with Crippen LogP contribution >= 0.6 is 0 Å². The van der Waals surface area contributed by atoms with E-state index in [-0.39, 0.29) is 5.41 Å². The van der Waals surface area contributed by atoms with Crippen molar-refractivity contribution in [2.24, 2.45) is 0 Å². The standard InChI is InChI=1S/C67H48N2/c1-67(2)62-30-16-13-27-57(62)58-37-36-53(44-63(58)67)68(52-35-33-47-23-9-10-24-48(47)40-52)64-31-17-14-28-59(64)56-26-12-11-25-55(56)49-34-38-66-61(43-49)60-29-15-18-32-65(60)69(66)54-41-50(45-19-5-3-6-20-45)39-51(42-54)46-21-7-4-8-22-46/h3-44H,1-2H3. The summed E-state index contributed by atoms with van der Waals surface area (Å²) in [6, 6.07) is 93.8. The third kappa shape index (κ3) is 6.79.